The van der Waals surface area contributed by atoms with E-state index in [9.17, 15) is 0 Å². The molecule has 1 fully saturated rings. The summed E-state index contributed by atoms with van der Waals surface area (Å²) >= 11 is 0. The summed E-state index contributed by atoms with van der Waals surface area (Å²) in [6.07, 6.45) is 4.10. The van der Waals surface area contributed by atoms with E-state index in [4.69, 9.17) is 0 Å². The van der Waals surface area contributed by atoms with Gasteiger partial charge < -0.3 is 10.2 Å². The van der Waals surface area contributed by atoms with Crippen LogP contribution in [0.1, 0.15) is 55.8 Å². The van der Waals surface area contributed by atoms with Crippen LogP contribution in [0.25, 0.3) is 0 Å². The van der Waals surface area contributed by atoms with Crippen LogP contribution in [-0.4, -0.2) is 31.1 Å². The van der Waals surface area contributed by atoms with Gasteiger partial charge in [-0.1, -0.05) is 38.5 Å². The summed E-state index contributed by atoms with van der Waals surface area (Å²) in [6, 6.07) is 7.39. The summed E-state index contributed by atoms with van der Waals surface area (Å²) < 4.78 is 0. The fourth-order valence-corrected chi connectivity index (χ4v) is 3.35. The number of likely N-dealkylation sites (N-methyl/N-ethyl adjacent to an activating group) is 1. The number of hydrogen-bond donors (Lipinski definition) is 1. The predicted molar refractivity (Wildman–Crippen MR) is 91.8 cm³/mol. The van der Waals surface area contributed by atoms with E-state index in [2.05, 4.69) is 56.1 Å². The summed E-state index contributed by atoms with van der Waals surface area (Å²) in [5, 5.41) is 3.68. The van der Waals surface area contributed by atoms with Crippen molar-refractivity contribution in [2.75, 3.05) is 26.2 Å². The molecule has 1 aliphatic heterocycles. The van der Waals surface area contributed by atoms with Gasteiger partial charge in [0.15, 0.2) is 0 Å². The number of nitrogens with zero attached hydrogens (tertiary/aromatic N) is 1. The largest absolute Gasteiger partial charge is 0.309 e. The highest BCUT2D eigenvalue weighted by atomic mass is 15.2. The topological polar surface area (TPSA) is 15.3 Å². The highest BCUT2D eigenvalue weighted by molar-refractivity contribution is 5.32. The standard InChI is InChI=1S/C19H32N2/c1-5-17-9-11-21(12-10-17)14-19(20-6-2)18-8-7-15(3)16(4)13-18/h7-8,13,17,19-20H,5-6,9-12,14H2,1-4H3. The second-order valence-corrected chi connectivity index (χ2v) is 6.61. The quantitative estimate of drug-likeness (QED) is 0.848. The second kappa shape index (κ2) is 7.95. The third-order valence-electron chi connectivity index (χ3n) is 5.11. The van der Waals surface area contributed by atoms with Crippen molar-refractivity contribution >= 4 is 0 Å². The van der Waals surface area contributed by atoms with Gasteiger partial charge in [0.05, 0.1) is 0 Å². The van der Waals surface area contributed by atoms with Gasteiger partial charge in [-0.25, -0.2) is 0 Å². The van der Waals surface area contributed by atoms with Crippen LogP contribution in [0.2, 0.25) is 0 Å². The minimum atomic E-state index is 0.465. The van der Waals surface area contributed by atoms with Crippen LogP contribution >= 0.6 is 0 Å². The average molecular weight is 288 g/mol. The fourth-order valence-electron chi connectivity index (χ4n) is 3.35. The molecule has 1 atom stereocenters. The van der Waals surface area contributed by atoms with Crippen molar-refractivity contribution in [2.45, 2.75) is 53.0 Å². The molecular weight excluding hydrogens is 256 g/mol. The van der Waals surface area contributed by atoms with Crippen LogP contribution < -0.4 is 5.32 Å². The van der Waals surface area contributed by atoms with Gasteiger partial charge in [-0.3, -0.25) is 0 Å². The molecule has 1 N–H and O–H groups in total. The minimum Gasteiger partial charge on any atom is -0.309 e. The van der Waals surface area contributed by atoms with E-state index < -0.39 is 0 Å². The molecule has 0 amide bonds. The zero-order chi connectivity index (χ0) is 15.2. The maximum atomic E-state index is 3.68. The smallest absolute Gasteiger partial charge is 0.0449 e. The highest BCUT2D eigenvalue weighted by Crippen LogP contribution is 2.23. The lowest BCUT2D eigenvalue weighted by Crippen LogP contribution is -2.40. The van der Waals surface area contributed by atoms with Crippen molar-refractivity contribution in [3.05, 3.63) is 34.9 Å². The molecular formula is C19H32N2. The number of likely N-dealkylation sites (tertiary alicyclic amines) is 1. The Balaban J connectivity index is 2.00. The first-order valence-corrected chi connectivity index (χ1v) is 8.66. The Morgan fingerprint density at radius 3 is 2.43 bits per heavy atom. The molecule has 0 aliphatic carbocycles. The summed E-state index contributed by atoms with van der Waals surface area (Å²) in [5.41, 5.74) is 4.23. The first kappa shape index (κ1) is 16.5. The Morgan fingerprint density at radius 1 is 1.14 bits per heavy atom. The molecule has 0 radical (unpaired) electrons. The zero-order valence-corrected chi connectivity index (χ0v) is 14.3. The number of hydrogen-bond acceptors (Lipinski definition) is 2. The van der Waals surface area contributed by atoms with E-state index in [-0.39, 0.29) is 0 Å². The van der Waals surface area contributed by atoms with E-state index in [1.165, 1.54) is 49.0 Å². The third kappa shape index (κ3) is 4.55. The van der Waals surface area contributed by atoms with Gasteiger partial charge in [0, 0.05) is 12.6 Å². The van der Waals surface area contributed by atoms with Crippen molar-refractivity contribution in [3.8, 4) is 0 Å². The van der Waals surface area contributed by atoms with E-state index >= 15 is 0 Å². The molecule has 2 nitrogen and oxygen atoms in total. The van der Waals surface area contributed by atoms with Crippen molar-refractivity contribution < 1.29 is 0 Å². The maximum Gasteiger partial charge on any atom is 0.0449 e. The van der Waals surface area contributed by atoms with Gasteiger partial charge in [0.25, 0.3) is 0 Å². The fraction of sp³-hybridized carbons (Fsp3) is 0.684. The Bertz CT molecular complexity index is 433. The minimum absolute atomic E-state index is 0.465. The Labute approximate surface area is 130 Å². The second-order valence-electron chi connectivity index (χ2n) is 6.61. The van der Waals surface area contributed by atoms with E-state index in [1.54, 1.807) is 0 Å². The molecule has 1 unspecified atom stereocenters. The Kier molecular flexibility index (Phi) is 6.25. The van der Waals surface area contributed by atoms with Gasteiger partial charge in [0.1, 0.15) is 0 Å². The van der Waals surface area contributed by atoms with Crippen molar-refractivity contribution in [1.29, 1.82) is 0 Å². The van der Waals surface area contributed by atoms with Gasteiger partial charge in [-0.2, -0.15) is 0 Å². The number of piperidine rings is 1. The summed E-state index contributed by atoms with van der Waals surface area (Å²) in [4.78, 5) is 2.65. The molecule has 21 heavy (non-hydrogen) atoms. The van der Waals surface area contributed by atoms with E-state index in [1.807, 2.05) is 0 Å². The predicted octanol–water partition coefficient (Wildman–Crippen LogP) is 4.08. The van der Waals surface area contributed by atoms with Crippen LogP contribution in [0.5, 0.6) is 0 Å². The molecule has 0 aromatic heterocycles. The molecule has 0 saturated carbocycles. The summed E-state index contributed by atoms with van der Waals surface area (Å²) in [6.45, 7) is 13.7. The normalized spacial score (nSPS) is 18.9. The average Bonchev–Trinajstić information content (AvgIpc) is 2.50. The SMILES string of the molecule is CCNC(CN1CCC(CC)CC1)c1ccc(C)c(C)c1. The van der Waals surface area contributed by atoms with Crippen LogP contribution in [0.3, 0.4) is 0 Å². The van der Waals surface area contributed by atoms with Crippen LogP contribution in [0.15, 0.2) is 18.2 Å². The van der Waals surface area contributed by atoms with E-state index in [0.29, 0.717) is 6.04 Å². The first-order chi connectivity index (χ1) is 10.1. The molecule has 2 heteroatoms. The van der Waals surface area contributed by atoms with Crippen LogP contribution in [0, 0.1) is 19.8 Å². The number of nitrogens with one attached hydrogen (secondary N) is 1. The molecule has 1 aliphatic rings. The number of rotatable bonds is 6. The van der Waals surface area contributed by atoms with Gasteiger partial charge in [-0.15, -0.1) is 0 Å². The van der Waals surface area contributed by atoms with Crippen LogP contribution in [-0.2, 0) is 0 Å². The van der Waals surface area contributed by atoms with Crippen molar-refractivity contribution in [3.63, 3.8) is 0 Å². The molecule has 1 aromatic rings. The Morgan fingerprint density at radius 2 is 1.86 bits per heavy atom. The lowest BCUT2D eigenvalue weighted by atomic mass is 9.93. The molecule has 1 aromatic carbocycles. The lowest BCUT2D eigenvalue weighted by molar-refractivity contribution is 0.166. The zero-order valence-electron chi connectivity index (χ0n) is 14.3. The molecule has 0 bridgehead atoms. The maximum absolute atomic E-state index is 3.68. The third-order valence-corrected chi connectivity index (χ3v) is 5.11. The van der Waals surface area contributed by atoms with Gasteiger partial charge in [0.2, 0.25) is 0 Å². The summed E-state index contributed by atoms with van der Waals surface area (Å²) in [7, 11) is 0. The first-order valence-electron chi connectivity index (χ1n) is 8.66. The molecule has 1 heterocycles. The molecule has 2 rings (SSSR count). The molecule has 0 spiro atoms. The van der Waals surface area contributed by atoms with Crippen LogP contribution in [0.4, 0.5) is 0 Å². The number of aryl methyl sites for hydroxylation is 2. The Hall–Kier alpha value is -0.860. The van der Waals surface area contributed by atoms with E-state index in [0.717, 1.165) is 19.0 Å². The lowest BCUT2D eigenvalue weighted by Gasteiger charge is -2.34. The molecule has 118 valence electrons. The van der Waals surface area contributed by atoms with Gasteiger partial charge in [-0.05, 0) is 68.9 Å². The van der Waals surface area contributed by atoms with Crippen molar-refractivity contribution in [1.82, 2.24) is 10.2 Å². The summed E-state index contributed by atoms with van der Waals surface area (Å²) in [5.74, 6) is 0.959. The highest BCUT2D eigenvalue weighted by Gasteiger charge is 2.21. The van der Waals surface area contributed by atoms with Gasteiger partial charge >= 0.3 is 0 Å². The monoisotopic (exact) mass is 288 g/mol. The van der Waals surface area contributed by atoms with Crippen molar-refractivity contribution in [2.24, 2.45) is 5.92 Å². The number of benzene rings is 1. The molecule has 1 saturated heterocycles.